The molecule has 4 aliphatic rings. The Morgan fingerprint density at radius 3 is 2.37 bits per heavy atom. The predicted molar refractivity (Wildman–Crippen MR) is 104 cm³/mol. The van der Waals surface area contributed by atoms with Crippen LogP contribution >= 0.6 is 0 Å². The van der Waals surface area contributed by atoms with E-state index in [2.05, 4.69) is 20.8 Å². The fraction of sp³-hybridized carbons (Fsp3) is 0.957. The molecular weight excluding hydrogens is 340 g/mol. The number of aliphatic hydroxyl groups excluding tert-OH is 2. The summed E-state index contributed by atoms with van der Waals surface area (Å²) in [5.41, 5.74) is 0.434. The predicted octanol–water partition coefficient (Wildman–Crippen LogP) is 4.09. The Kier molecular flexibility index (Phi) is 4.91. The number of aliphatic hydroxyl groups is 2. The summed E-state index contributed by atoms with van der Waals surface area (Å²) in [6, 6.07) is 0. The van der Waals surface area contributed by atoms with E-state index in [0.717, 1.165) is 44.9 Å². The quantitative estimate of drug-likeness (QED) is 0.691. The molecule has 3 N–H and O–H groups in total. The average Bonchev–Trinajstić information content (AvgIpc) is 2.93. The van der Waals surface area contributed by atoms with Crippen LogP contribution in [0.25, 0.3) is 0 Å². The van der Waals surface area contributed by atoms with Gasteiger partial charge in [-0.2, -0.15) is 0 Å². The Bertz CT molecular complexity index is 591. The van der Waals surface area contributed by atoms with Gasteiger partial charge in [0.15, 0.2) is 0 Å². The number of hydrogen-bond donors (Lipinski definition) is 3. The summed E-state index contributed by atoms with van der Waals surface area (Å²) in [5.74, 6) is 1.89. The lowest BCUT2D eigenvalue weighted by molar-refractivity contribution is -0.174. The largest absolute Gasteiger partial charge is 0.481 e. The second-order valence-electron chi connectivity index (χ2n) is 11.0. The van der Waals surface area contributed by atoms with Crippen LogP contribution in [0, 0.1) is 46.3 Å². The van der Waals surface area contributed by atoms with Gasteiger partial charge >= 0.3 is 5.97 Å². The highest BCUT2D eigenvalue weighted by atomic mass is 16.4. The molecule has 0 saturated heterocycles. The highest BCUT2D eigenvalue weighted by molar-refractivity contribution is 5.67. The van der Waals surface area contributed by atoms with Gasteiger partial charge in [-0.25, -0.2) is 0 Å². The number of fused-ring (bicyclic) bond motifs is 5. The molecule has 27 heavy (non-hydrogen) atoms. The molecule has 0 spiro atoms. The zero-order chi connectivity index (χ0) is 19.6. The summed E-state index contributed by atoms with van der Waals surface area (Å²) in [6.45, 7) is 6.96. The van der Waals surface area contributed by atoms with Gasteiger partial charge in [0.2, 0.25) is 0 Å². The second kappa shape index (κ2) is 6.73. The maximum atomic E-state index is 11.3. The van der Waals surface area contributed by atoms with Crippen LogP contribution in [0.15, 0.2) is 0 Å². The zero-order valence-corrected chi connectivity index (χ0v) is 17.2. The van der Waals surface area contributed by atoms with Crippen molar-refractivity contribution >= 4 is 5.97 Å². The third-order valence-corrected chi connectivity index (χ3v) is 9.91. The first-order chi connectivity index (χ1) is 12.7. The molecule has 4 fully saturated rings. The highest BCUT2D eigenvalue weighted by Gasteiger charge is 2.62. The van der Waals surface area contributed by atoms with Crippen LogP contribution < -0.4 is 0 Å². The number of aliphatic carboxylic acids is 1. The van der Waals surface area contributed by atoms with Gasteiger partial charge in [-0.1, -0.05) is 20.8 Å². The average molecular weight is 379 g/mol. The number of hydrogen-bond acceptors (Lipinski definition) is 3. The van der Waals surface area contributed by atoms with Crippen molar-refractivity contribution in [3.63, 3.8) is 0 Å². The van der Waals surface area contributed by atoms with E-state index in [1.165, 1.54) is 6.42 Å². The summed E-state index contributed by atoms with van der Waals surface area (Å²) in [4.78, 5) is 11.3. The highest BCUT2D eigenvalue weighted by Crippen LogP contribution is 2.68. The molecule has 4 saturated carbocycles. The smallest absolute Gasteiger partial charge is 0.303 e. The SMILES string of the molecule is C[C@H](CC(=O)O)[C@H]1CCC2[C@@H]3C(O)C[C@@H]4C[C@H](O)CC[C@]4(C)C3CC[C@@]21C. The fourth-order valence-corrected chi connectivity index (χ4v) is 8.59. The van der Waals surface area contributed by atoms with E-state index in [1.54, 1.807) is 0 Å². The Balaban J connectivity index is 1.60. The van der Waals surface area contributed by atoms with Gasteiger partial charge in [0, 0.05) is 6.42 Å². The van der Waals surface area contributed by atoms with E-state index in [4.69, 9.17) is 0 Å². The van der Waals surface area contributed by atoms with Crippen molar-refractivity contribution in [2.24, 2.45) is 46.3 Å². The first-order valence-corrected chi connectivity index (χ1v) is 11.2. The maximum absolute atomic E-state index is 11.3. The molecule has 0 amide bonds. The number of carboxylic acids is 1. The monoisotopic (exact) mass is 378 g/mol. The molecule has 0 bridgehead atoms. The van der Waals surface area contributed by atoms with E-state index in [0.29, 0.717) is 29.6 Å². The molecule has 0 radical (unpaired) electrons. The molecule has 4 heteroatoms. The molecule has 3 unspecified atom stereocenters. The topological polar surface area (TPSA) is 77.8 Å². The first kappa shape index (κ1) is 19.7. The summed E-state index contributed by atoms with van der Waals surface area (Å²) < 4.78 is 0. The molecule has 4 rings (SSSR count). The van der Waals surface area contributed by atoms with E-state index in [-0.39, 0.29) is 35.4 Å². The van der Waals surface area contributed by atoms with E-state index < -0.39 is 5.97 Å². The lowest BCUT2D eigenvalue weighted by Gasteiger charge is -2.62. The standard InChI is InChI=1S/C23H38O4/c1-13(10-20(26)27)16-4-5-17-21-18(7-9-23(16,17)3)22(2)8-6-15(24)11-14(22)12-19(21)25/h13-19,21,24-25H,4-12H2,1-3H3,(H,26,27)/t13-,14+,15-,16-,17?,18?,19?,21+,22+,23-/m1/s1. The molecular formula is C23H38O4. The van der Waals surface area contributed by atoms with Crippen LogP contribution in [0.5, 0.6) is 0 Å². The molecule has 0 aromatic heterocycles. The third kappa shape index (κ3) is 2.97. The van der Waals surface area contributed by atoms with Crippen LogP contribution in [-0.4, -0.2) is 33.5 Å². The minimum atomic E-state index is -0.683. The normalized spacial score (nSPS) is 53.1. The van der Waals surface area contributed by atoms with Gasteiger partial charge in [0.1, 0.15) is 0 Å². The summed E-state index contributed by atoms with van der Waals surface area (Å²) >= 11 is 0. The van der Waals surface area contributed by atoms with Gasteiger partial charge in [0.25, 0.3) is 0 Å². The molecule has 4 aliphatic carbocycles. The number of carbonyl (C=O) groups is 1. The van der Waals surface area contributed by atoms with Gasteiger partial charge < -0.3 is 15.3 Å². The summed E-state index contributed by atoms with van der Waals surface area (Å²) in [5, 5.41) is 30.7. The van der Waals surface area contributed by atoms with Crippen LogP contribution in [0.3, 0.4) is 0 Å². The van der Waals surface area contributed by atoms with Crippen molar-refractivity contribution in [3.8, 4) is 0 Å². The fourth-order valence-electron chi connectivity index (χ4n) is 8.59. The Hall–Kier alpha value is -0.610. The Morgan fingerprint density at radius 2 is 1.67 bits per heavy atom. The van der Waals surface area contributed by atoms with E-state index in [1.807, 2.05) is 0 Å². The van der Waals surface area contributed by atoms with Gasteiger partial charge in [-0.05, 0) is 97.7 Å². The number of carboxylic acid groups (broad SMARTS) is 1. The zero-order valence-electron chi connectivity index (χ0n) is 17.2. The van der Waals surface area contributed by atoms with Gasteiger partial charge in [0.05, 0.1) is 12.2 Å². The molecule has 4 nitrogen and oxygen atoms in total. The van der Waals surface area contributed by atoms with E-state index in [9.17, 15) is 20.1 Å². The third-order valence-electron chi connectivity index (χ3n) is 9.91. The molecule has 0 aromatic rings. The van der Waals surface area contributed by atoms with Crippen molar-refractivity contribution < 1.29 is 20.1 Å². The minimum Gasteiger partial charge on any atom is -0.481 e. The molecule has 10 atom stereocenters. The minimum absolute atomic E-state index is 0.175. The van der Waals surface area contributed by atoms with E-state index >= 15 is 0 Å². The van der Waals surface area contributed by atoms with Crippen LogP contribution in [0.2, 0.25) is 0 Å². The maximum Gasteiger partial charge on any atom is 0.303 e. The van der Waals surface area contributed by atoms with Gasteiger partial charge in [-0.15, -0.1) is 0 Å². The number of rotatable bonds is 3. The lowest BCUT2D eigenvalue weighted by Crippen LogP contribution is -2.58. The van der Waals surface area contributed by atoms with Crippen molar-refractivity contribution in [2.75, 3.05) is 0 Å². The van der Waals surface area contributed by atoms with Crippen LogP contribution in [-0.2, 0) is 4.79 Å². The van der Waals surface area contributed by atoms with Gasteiger partial charge in [-0.3, -0.25) is 4.79 Å². The molecule has 154 valence electrons. The Morgan fingerprint density at radius 1 is 1.00 bits per heavy atom. The van der Waals surface area contributed by atoms with Crippen molar-refractivity contribution in [2.45, 2.75) is 90.8 Å². The summed E-state index contributed by atoms with van der Waals surface area (Å²) in [7, 11) is 0. The second-order valence-corrected chi connectivity index (χ2v) is 11.0. The molecule has 0 aromatic carbocycles. The van der Waals surface area contributed by atoms with Crippen molar-refractivity contribution in [1.29, 1.82) is 0 Å². The lowest BCUT2D eigenvalue weighted by atomic mass is 9.43. The van der Waals surface area contributed by atoms with Crippen LogP contribution in [0.4, 0.5) is 0 Å². The van der Waals surface area contributed by atoms with Crippen molar-refractivity contribution in [3.05, 3.63) is 0 Å². The first-order valence-electron chi connectivity index (χ1n) is 11.2. The molecule has 0 heterocycles. The summed E-state index contributed by atoms with van der Waals surface area (Å²) in [6.07, 6.45) is 8.12. The van der Waals surface area contributed by atoms with Crippen molar-refractivity contribution in [1.82, 2.24) is 0 Å². The Labute approximate surface area is 163 Å². The van der Waals surface area contributed by atoms with Crippen LogP contribution in [0.1, 0.15) is 78.6 Å². The molecule has 0 aliphatic heterocycles.